The minimum absolute atomic E-state index is 0.791. The smallest absolute Gasteiger partial charge is 0.204 e. The van der Waals surface area contributed by atoms with E-state index in [1.165, 1.54) is 4.88 Å². The number of benzene rings is 2. The highest BCUT2D eigenvalue weighted by molar-refractivity contribution is 9.10. The van der Waals surface area contributed by atoms with Gasteiger partial charge in [0, 0.05) is 20.5 Å². The van der Waals surface area contributed by atoms with Crippen LogP contribution in [-0.2, 0) is 0 Å². The minimum Gasteiger partial charge on any atom is -0.253 e. The molecule has 0 unspecified atom stereocenters. The van der Waals surface area contributed by atoms with Crippen molar-refractivity contribution in [3.63, 3.8) is 0 Å². The average molecular weight is 372 g/mol. The van der Waals surface area contributed by atoms with E-state index in [0.29, 0.717) is 0 Å². The van der Waals surface area contributed by atoms with E-state index in [-0.39, 0.29) is 0 Å². The van der Waals surface area contributed by atoms with E-state index in [9.17, 15) is 0 Å². The minimum atomic E-state index is 0.791. The van der Waals surface area contributed by atoms with Gasteiger partial charge in [-0.15, -0.1) is 11.3 Å². The van der Waals surface area contributed by atoms with Crippen LogP contribution in [0.3, 0.4) is 0 Å². The molecule has 110 valence electrons. The van der Waals surface area contributed by atoms with Gasteiger partial charge < -0.3 is 0 Å². The van der Waals surface area contributed by atoms with E-state index in [0.717, 1.165) is 26.4 Å². The Morgan fingerprint density at radius 2 is 1.82 bits per heavy atom. The number of hydrogen-bond acceptors (Lipinski definition) is 4. The monoisotopic (exact) mass is 371 g/mol. The second kappa shape index (κ2) is 6.85. The fraction of sp³-hybridized carbons (Fsp3) is 0.0588. The Morgan fingerprint density at radius 3 is 2.59 bits per heavy atom. The van der Waals surface area contributed by atoms with Crippen molar-refractivity contribution in [2.75, 3.05) is 5.43 Å². The summed E-state index contributed by atoms with van der Waals surface area (Å²) in [5.41, 5.74) is 6.16. The zero-order chi connectivity index (χ0) is 15.4. The molecule has 1 N–H and O–H groups in total. The molecule has 2 aromatic carbocycles. The zero-order valence-electron chi connectivity index (χ0n) is 12.0. The SMILES string of the molecule is Cc1sc(N/N=C/c2ccccc2Br)nc1-c1ccccc1. The van der Waals surface area contributed by atoms with Crippen molar-refractivity contribution in [2.24, 2.45) is 5.10 Å². The van der Waals surface area contributed by atoms with Gasteiger partial charge in [-0.3, -0.25) is 5.43 Å². The summed E-state index contributed by atoms with van der Waals surface area (Å²) < 4.78 is 1.01. The van der Waals surface area contributed by atoms with Crippen molar-refractivity contribution in [3.8, 4) is 11.3 Å². The number of nitrogens with one attached hydrogen (secondary N) is 1. The molecule has 0 saturated carbocycles. The molecule has 0 spiro atoms. The molecule has 3 aromatic rings. The number of hydrazone groups is 1. The molecule has 0 fully saturated rings. The number of aryl methyl sites for hydroxylation is 1. The Morgan fingerprint density at radius 1 is 1.09 bits per heavy atom. The van der Waals surface area contributed by atoms with E-state index in [2.05, 4.69) is 50.5 Å². The van der Waals surface area contributed by atoms with E-state index in [1.807, 2.05) is 42.5 Å². The van der Waals surface area contributed by atoms with Crippen molar-refractivity contribution in [2.45, 2.75) is 6.92 Å². The Kier molecular flexibility index (Phi) is 4.65. The zero-order valence-corrected chi connectivity index (χ0v) is 14.4. The van der Waals surface area contributed by atoms with Gasteiger partial charge in [0.25, 0.3) is 0 Å². The van der Waals surface area contributed by atoms with Gasteiger partial charge in [-0.25, -0.2) is 4.98 Å². The Bertz CT molecular complexity index is 797. The van der Waals surface area contributed by atoms with Crippen molar-refractivity contribution < 1.29 is 0 Å². The molecule has 0 radical (unpaired) electrons. The first kappa shape index (κ1) is 14.9. The Hall–Kier alpha value is -1.98. The third kappa shape index (κ3) is 3.43. The van der Waals surface area contributed by atoms with Crippen LogP contribution in [0, 0.1) is 6.92 Å². The van der Waals surface area contributed by atoms with Crippen LogP contribution in [0.4, 0.5) is 5.13 Å². The predicted molar refractivity (Wildman–Crippen MR) is 97.6 cm³/mol. The molecule has 0 aliphatic rings. The maximum absolute atomic E-state index is 4.62. The third-order valence-corrected chi connectivity index (χ3v) is 4.71. The third-order valence-electron chi connectivity index (χ3n) is 3.11. The highest BCUT2D eigenvalue weighted by Gasteiger charge is 2.08. The van der Waals surface area contributed by atoms with Crippen LogP contribution in [0.1, 0.15) is 10.4 Å². The molecule has 1 aromatic heterocycles. The first-order chi connectivity index (χ1) is 10.7. The summed E-state index contributed by atoms with van der Waals surface area (Å²) in [6, 6.07) is 18.1. The van der Waals surface area contributed by atoms with Gasteiger partial charge in [-0.05, 0) is 13.0 Å². The summed E-state index contributed by atoms with van der Waals surface area (Å²) in [6.07, 6.45) is 1.78. The second-order valence-electron chi connectivity index (χ2n) is 4.68. The van der Waals surface area contributed by atoms with Crippen LogP contribution in [0.5, 0.6) is 0 Å². The summed E-state index contributed by atoms with van der Waals surface area (Å²) in [6.45, 7) is 2.07. The Balaban J connectivity index is 1.76. The normalized spacial score (nSPS) is 11.0. The maximum Gasteiger partial charge on any atom is 0.204 e. The number of hydrogen-bond donors (Lipinski definition) is 1. The molecule has 0 aliphatic heterocycles. The molecule has 0 amide bonds. The quantitative estimate of drug-likeness (QED) is 0.497. The van der Waals surface area contributed by atoms with Gasteiger partial charge in [0.2, 0.25) is 5.13 Å². The van der Waals surface area contributed by atoms with Crippen LogP contribution < -0.4 is 5.43 Å². The highest BCUT2D eigenvalue weighted by atomic mass is 79.9. The van der Waals surface area contributed by atoms with E-state index in [1.54, 1.807) is 17.6 Å². The van der Waals surface area contributed by atoms with Crippen molar-refractivity contribution in [1.82, 2.24) is 4.98 Å². The molecule has 22 heavy (non-hydrogen) atoms. The van der Waals surface area contributed by atoms with Gasteiger partial charge in [0.1, 0.15) is 0 Å². The molecule has 0 saturated heterocycles. The maximum atomic E-state index is 4.62. The average Bonchev–Trinajstić information content (AvgIpc) is 2.91. The molecule has 1 heterocycles. The molecule has 3 nitrogen and oxygen atoms in total. The molecular formula is C17H14BrN3S. The largest absolute Gasteiger partial charge is 0.253 e. The lowest BCUT2D eigenvalue weighted by Crippen LogP contribution is -1.90. The first-order valence-corrected chi connectivity index (χ1v) is 8.41. The molecular weight excluding hydrogens is 358 g/mol. The fourth-order valence-corrected chi connectivity index (χ4v) is 3.22. The number of nitrogens with zero attached hydrogens (tertiary/aromatic N) is 2. The van der Waals surface area contributed by atoms with Crippen molar-refractivity contribution in [3.05, 3.63) is 69.5 Å². The van der Waals surface area contributed by atoms with E-state index in [4.69, 9.17) is 0 Å². The second-order valence-corrected chi connectivity index (χ2v) is 6.74. The van der Waals surface area contributed by atoms with Crippen LogP contribution in [0.15, 0.2) is 64.2 Å². The standard InChI is InChI=1S/C17H14BrN3S/c1-12-16(13-7-3-2-4-8-13)20-17(22-12)21-19-11-14-9-5-6-10-15(14)18/h2-11H,1H3,(H,20,21)/b19-11+. The first-order valence-electron chi connectivity index (χ1n) is 6.80. The summed E-state index contributed by atoms with van der Waals surface area (Å²) in [4.78, 5) is 5.79. The van der Waals surface area contributed by atoms with Gasteiger partial charge in [0.15, 0.2) is 0 Å². The summed E-state index contributed by atoms with van der Waals surface area (Å²) in [5.74, 6) is 0. The summed E-state index contributed by atoms with van der Waals surface area (Å²) >= 11 is 5.10. The van der Waals surface area contributed by atoms with Crippen molar-refractivity contribution >= 4 is 38.6 Å². The number of anilines is 1. The summed E-state index contributed by atoms with van der Waals surface area (Å²) in [5, 5.41) is 5.06. The van der Waals surface area contributed by atoms with E-state index >= 15 is 0 Å². The predicted octanol–water partition coefficient (Wildman–Crippen LogP) is 5.33. The van der Waals surface area contributed by atoms with Crippen LogP contribution in [0.25, 0.3) is 11.3 Å². The van der Waals surface area contributed by atoms with Crippen LogP contribution in [-0.4, -0.2) is 11.2 Å². The number of thiazole rings is 1. The van der Waals surface area contributed by atoms with E-state index < -0.39 is 0 Å². The van der Waals surface area contributed by atoms with Gasteiger partial charge in [-0.2, -0.15) is 5.10 Å². The lowest BCUT2D eigenvalue weighted by atomic mass is 10.1. The molecule has 0 bridgehead atoms. The molecule has 3 rings (SSSR count). The van der Waals surface area contributed by atoms with Gasteiger partial charge in [0.05, 0.1) is 11.9 Å². The van der Waals surface area contributed by atoms with Crippen LogP contribution in [0.2, 0.25) is 0 Å². The molecule has 0 atom stereocenters. The lowest BCUT2D eigenvalue weighted by Gasteiger charge is -1.97. The fourth-order valence-electron chi connectivity index (χ4n) is 2.04. The van der Waals surface area contributed by atoms with Gasteiger partial charge >= 0.3 is 0 Å². The lowest BCUT2D eigenvalue weighted by molar-refractivity contribution is 1.28. The summed E-state index contributed by atoms with van der Waals surface area (Å²) in [7, 11) is 0. The topological polar surface area (TPSA) is 37.3 Å². The number of halogens is 1. The van der Waals surface area contributed by atoms with Crippen LogP contribution >= 0.6 is 27.3 Å². The molecule has 5 heteroatoms. The highest BCUT2D eigenvalue weighted by Crippen LogP contribution is 2.30. The number of rotatable bonds is 4. The van der Waals surface area contributed by atoms with Gasteiger partial charge in [-0.1, -0.05) is 64.5 Å². The Labute approximate surface area is 141 Å². The molecule has 0 aliphatic carbocycles. The van der Waals surface area contributed by atoms with Crippen molar-refractivity contribution in [1.29, 1.82) is 0 Å². The number of aromatic nitrogens is 1.